The Morgan fingerprint density at radius 3 is 2.53 bits per heavy atom. The number of carbonyl (C=O) groups is 2. The van der Waals surface area contributed by atoms with Gasteiger partial charge >= 0.3 is 5.97 Å². The summed E-state index contributed by atoms with van der Waals surface area (Å²) in [5.74, 6) is -1.02. The molecule has 1 amide bonds. The Morgan fingerprint density at radius 1 is 1.06 bits per heavy atom. The van der Waals surface area contributed by atoms with Crippen molar-refractivity contribution in [2.45, 2.75) is 38.5 Å². The predicted molar refractivity (Wildman–Crippen MR) is 127 cm³/mol. The molecule has 0 bridgehead atoms. The van der Waals surface area contributed by atoms with E-state index >= 15 is 0 Å². The van der Waals surface area contributed by atoms with Crippen molar-refractivity contribution in [1.82, 2.24) is 4.90 Å². The average molecular weight is 469 g/mol. The van der Waals surface area contributed by atoms with Crippen LogP contribution in [0.15, 0.2) is 54.1 Å². The van der Waals surface area contributed by atoms with E-state index in [0.29, 0.717) is 44.8 Å². The molecule has 5 nitrogen and oxygen atoms in total. The molecule has 0 spiro atoms. The van der Waals surface area contributed by atoms with Gasteiger partial charge in [-0.1, -0.05) is 29.8 Å². The van der Waals surface area contributed by atoms with Crippen molar-refractivity contribution in [1.29, 1.82) is 0 Å². The Morgan fingerprint density at radius 2 is 1.82 bits per heavy atom. The van der Waals surface area contributed by atoms with Gasteiger partial charge < -0.3 is 9.64 Å². The lowest BCUT2D eigenvalue weighted by atomic mass is 9.87. The van der Waals surface area contributed by atoms with Crippen LogP contribution in [0.4, 0.5) is 14.5 Å². The summed E-state index contributed by atoms with van der Waals surface area (Å²) in [4.78, 5) is 28.8. The van der Waals surface area contributed by atoms with Crippen LogP contribution in [-0.4, -0.2) is 49.6 Å². The highest BCUT2D eigenvalue weighted by Gasteiger charge is 2.29. The van der Waals surface area contributed by atoms with Crippen LogP contribution in [0.1, 0.15) is 49.7 Å². The molecule has 0 fully saturated rings. The average Bonchev–Trinajstić information content (AvgIpc) is 3.00. The molecule has 1 atom stereocenters. The van der Waals surface area contributed by atoms with Crippen LogP contribution < -0.4 is 4.90 Å². The first-order chi connectivity index (χ1) is 16.4. The SMILES string of the molecule is CCOC(=O)CC1=CCN(CC(=O)N2CCCC(c3ccc(F)cc3)c3ccc(F)cc32)CC1. The molecule has 2 heterocycles. The molecule has 2 aromatic carbocycles. The van der Waals surface area contributed by atoms with Crippen LogP contribution in [0.25, 0.3) is 0 Å². The molecular weight excluding hydrogens is 438 g/mol. The van der Waals surface area contributed by atoms with Gasteiger partial charge in [0.25, 0.3) is 0 Å². The summed E-state index contributed by atoms with van der Waals surface area (Å²) in [6.45, 7) is 4.15. The minimum absolute atomic E-state index is 0.0302. The van der Waals surface area contributed by atoms with Crippen molar-refractivity contribution in [3.05, 3.63) is 76.9 Å². The van der Waals surface area contributed by atoms with E-state index in [2.05, 4.69) is 0 Å². The molecule has 2 aliphatic heterocycles. The summed E-state index contributed by atoms with van der Waals surface area (Å²) in [6.07, 6.45) is 4.54. The van der Waals surface area contributed by atoms with Gasteiger partial charge in [0.2, 0.25) is 5.91 Å². The molecule has 0 aliphatic carbocycles. The predicted octanol–water partition coefficient (Wildman–Crippen LogP) is 4.81. The second-order valence-electron chi connectivity index (χ2n) is 8.82. The Hall–Kier alpha value is -3.06. The molecule has 34 heavy (non-hydrogen) atoms. The fraction of sp³-hybridized carbons (Fsp3) is 0.407. The molecule has 0 aromatic heterocycles. The van der Waals surface area contributed by atoms with Gasteiger partial charge in [0.15, 0.2) is 0 Å². The molecule has 2 aromatic rings. The van der Waals surface area contributed by atoms with E-state index in [-0.39, 0.29) is 36.0 Å². The third-order valence-corrected chi connectivity index (χ3v) is 6.53. The first-order valence-electron chi connectivity index (χ1n) is 11.9. The first-order valence-corrected chi connectivity index (χ1v) is 11.9. The molecule has 0 saturated carbocycles. The number of benzene rings is 2. The smallest absolute Gasteiger partial charge is 0.309 e. The number of hydrogen-bond donors (Lipinski definition) is 0. The first kappa shape index (κ1) is 24.1. The molecule has 4 rings (SSSR count). The number of halogens is 2. The molecule has 1 unspecified atom stereocenters. The number of esters is 1. The quantitative estimate of drug-likeness (QED) is 0.451. The van der Waals surface area contributed by atoms with E-state index in [1.54, 1.807) is 30.0 Å². The van der Waals surface area contributed by atoms with Gasteiger partial charge in [-0.25, -0.2) is 8.78 Å². The van der Waals surface area contributed by atoms with E-state index in [1.165, 1.54) is 24.3 Å². The highest BCUT2D eigenvalue weighted by atomic mass is 19.1. The molecule has 0 N–H and O–H groups in total. The van der Waals surface area contributed by atoms with Crippen molar-refractivity contribution in [2.75, 3.05) is 37.7 Å². The van der Waals surface area contributed by atoms with Crippen LogP contribution in [0, 0.1) is 11.6 Å². The number of amides is 1. The number of carbonyl (C=O) groups excluding carboxylic acids is 2. The van der Waals surface area contributed by atoms with Crippen molar-refractivity contribution >= 4 is 17.6 Å². The van der Waals surface area contributed by atoms with E-state index in [4.69, 9.17) is 4.74 Å². The number of hydrogen-bond acceptors (Lipinski definition) is 4. The lowest BCUT2D eigenvalue weighted by Crippen LogP contribution is -2.42. The summed E-state index contributed by atoms with van der Waals surface area (Å²) in [7, 11) is 0. The lowest BCUT2D eigenvalue weighted by Gasteiger charge is -2.30. The maximum Gasteiger partial charge on any atom is 0.309 e. The Balaban J connectivity index is 1.49. The summed E-state index contributed by atoms with van der Waals surface area (Å²) in [5.41, 5.74) is 3.46. The topological polar surface area (TPSA) is 49.9 Å². The summed E-state index contributed by atoms with van der Waals surface area (Å²) >= 11 is 0. The maximum absolute atomic E-state index is 14.3. The van der Waals surface area contributed by atoms with E-state index in [0.717, 1.165) is 29.5 Å². The number of fused-ring (bicyclic) bond motifs is 1. The van der Waals surface area contributed by atoms with Crippen molar-refractivity contribution in [2.24, 2.45) is 0 Å². The zero-order valence-electron chi connectivity index (χ0n) is 19.4. The lowest BCUT2D eigenvalue weighted by molar-refractivity contribution is -0.142. The second kappa shape index (κ2) is 10.9. The number of ether oxygens (including phenoxy) is 1. The number of nitrogens with zero attached hydrogens (tertiary/aromatic N) is 2. The van der Waals surface area contributed by atoms with Crippen molar-refractivity contribution in [3.63, 3.8) is 0 Å². The van der Waals surface area contributed by atoms with Crippen LogP contribution >= 0.6 is 0 Å². The van der Waals surface area contributed by atoms with Crippen molar-refractivity contribution in [3.8, 4) is 0 Å². The van der Waals surface area contributed by atoms with Crippen LogP contribution in [0.3, 0.4) is 0 Å². The van der Waals surface area contributed by atoms with Gasteiger partial charge in [0.1, 0.15) is 11.6 Å². The van der Waals surface area contributed by atoms with E-state index in [9.17, 15) is 18.4 Å². The van der Waals surface area contributed by atoms with Gasteiger partial charge in [0, 0.05) is 25.6 Å². The molecule has 0 saturated heterocycles. The van der Waals surface area contributed by atoms with Gasteiger partial charge in [-0.2, -0.15) is 0 Å². The van der Waals surface area contributed by atoms with Gasteiger partial charge in [-0.3, -0.25) is 14.5 Å². The Kier molecular flexibility index (Phi) is 7.73. The Labute approximate surface area is 199 Å². The van der Waals surface area contributed by atoms with E-state index in [1.807, 2.05) is 11.0 Å². The third kappa shape index (κ3) is 5.70. The summed E-state index contributed by atoms with van der Waals surface area (Å²) in [5, 5.41) is 0. The Bertz CT molecular complexity index is 1070. The standard InChI is InChI=1S/C27H30F2N2O3/c1-2-34-27(33)16-19-11-14-30(15-12-19)18-26(32)31-13-3-4-23(20-5-7-21(28)8-6-20)24-10-9-22(29)17-25(24)31/h5-11,17,23H,2-4,12-16,18H2,1H3. The molecule has 2 aliphatic rings. The number of rotatable bonds is 6. The monoisotopic (exact) mass is 468 g/mol. The number of anilines is 1. The normalized spacial score (nSPS) is 18.6. The minimum Gasteiger partial charge on any atom is -0.466 e. The molecule has 7 heteroatoms. The van der Waals surface area contributed by atoms with Crippen LogP contribution in [0.2, 0.25) is 0 Å². The van der Waals surface area contributed by atoms with Crippen LogP contribution in [0.5, 0.6) is 0 Å². The second-order valence-corrected chi connectivity index (χ2v) is 8.82. The summed E-state index contributed by atoms with van der Waals surface area (Å²) in [6, 6.07) is 11.0. The van der Waals surface area contributed by atoms with Gasteiger partial charge in [-0.15, -0.1) is 0 Å². The zero-order valence-corrected chi connectivity index (χ0v) is 19.4. The molecule has 180 valence electrons. The summed E-state index contributed by atoms with van der Waals surface area (Å²) < 4.78 is 32.7. The zero-order chi connectivity index (χ0) is 24.1. The molecular formula is C27H30F2N2O3. The van der Waals surface area contributed by atoms with Crippen LogP contribution in [-0.2, 0) is 14.3 Å². The van der Waals surface area contributed by atoms with E-state index < -0.39 is 0 Å². The highest BCUT2D eigenvalue weighted by molar-refractivity contribution is 5.96. The van der Waals surface area contributed by atoms with Gasteiger partial charge in [0.05, 0.1) is 25.3 Å². The van der Waals surface area contributed by atoms with Gasteiger partial charge in [-0.05, 0) is 61.6 Å². The van der Waals surface area contributed by atoms with Crippen molar-refractivity contribution < 1.29 is 23.1 Å². The minimum atomic E-state index is -0.388. The third-order valence-electron chi connectivity index (χ3n) is 6.53. The largest absolute Gasteiger partial charge is 0.466 e. The highest BCUT2D eigenvalue weighted by Crippen LogP contribution is 2.39. The molecule has 0 radical (unpaired) electrons. The fourth-order valence-corrected chi connectivity index (χ4v) is 4.81. The fourth-order valence-electron chi connectivity index (χ4n) is 4.81. The maximum atomic E-state index is 14.3.